The molecule has 0 bridgehead atoms. The van der Waals surface area contributed by atoms with Crippen molar-refractivity contribution < 1.29 is 17.6 Å². The van der Waals surface area contributed by atoms with E-state index in [1.165, 1.54) is 11.3 Å². The van der Waals surface area contributed by atoms with E-state index in [4.69, 9.17) is 0 Å². The largest absolute Gasteiger partial charge is 0.416 e. The van der Waals surface area contributed by atoms with Gasteiger partial charge in [-0.3, -0.25) is 0 Å². The van der Waals surface area contributed by atoms with Gasteiger partial charge in [-0.05, 0) is 32.0 Å². The van der Waals surface area contributed by atoms with Gasteiger partial charge in [0.05, 0.1) is 28.5 Å². The van der Waals surface area contributed by atoms with E-state index < -0.39 is 17.6 Å². The SMILES string of the molecule is Cc1ncsc1C(C)Nc1cc(C(F)(F)F)ccc1F. The molecule has 0 aliphatic heterocycles. The van der Waals surface area contributed by atoms with Crippen LogP contribution >= 0.6 is 11.3 Å². The number of alkyl halides is 3. The summed E-state index contributed by atoms with van der Waals surface area (Å²) in [7, 11) is 0. The van der Waals surface area contributed by atoms with Crippen LogP contribution in [0.3, 0.4) is 0 Å². The minimum absolute atomic E-state index is 0.167. The normalized spacial score (nSPS) is 13.3. The predicted molar refractivity (Wildman–Crippen MR) is 70.3 cm³/mol. The van der Waals surface area contributed by atoms with Crippen LogP contribution in [0, 0.1) is 12.7 Å². The van der Waals surface area contributed by atoms with Crippen molar-refractivity contribution in [2.45, 2.75) is 26.1 Å². The van der Waals surface area contributed by atoms with Crippen LogP contribution in [0.4, 0.5) is 23.2 Å². The van der Waals surface area contributed by atoms with E-state index in [1.807, 2.05) is 0 Å². The Morgan fingerprint density at radius 3 is 2.55 bits per heavy atom. The maximum atomic E-state index is 13.6. The molecular weight excluding hydrogens is 292 g/mol. The van der Waals surface area contributed by atoms with Gasteiger partial charge in [-0.15, -0.1) is 11.3 Å². The first-order valence-electron chi connectivity index (χ1n) is 5.82. The average molecular weight is 304 g/mol. The molecule has 20 heavy (non-hydrogen) atoms. The first-order valence-corrected chi connectivity index (χ1v) is 6.70. The Labute approximate surface area is 117 Å². The molecule has 7 heteroatoms. The number of benzene rings is 1. The Morgan fingerprint density at radius 1 is 1.30 bits per heavy atom. The van der Waals surface area contributed by atoms with E-state index >= 15 is 0 Å². The molecule has 108 valence electrons. The molecule has 1 aromatic carbocycles. The van der Waals surface area contributed by atoms with Crippen molar-refractivity contribution in [3.63, 3.8) is 0 Å². The van der Waals surface area contributed by atoms with E-state index in [9.17, 15) is 17.6 Å². The number of hydrogen-bond donors (Lipinski definition) is 1. The lowest BCUT2D eigenvalue weighted by Gasteiger charge is -2.16. The van der Waals surface area contributed by atoms with Crippen LogP contribution in [-0.4, -0.2) is 4.98 Å². The number of rotatable bonds is 3. The Kier molecular flexibility index (Phi) is 3.99. The number of thiazole rings is 1. The predicted octanol–water partition coefficient (Wildman–Crippen LogP) is 4.78. The average Bonchev–Trinajstić information content (AvgIpc) is 2.77. The third-order valence-electron chi connectivity index (χ3n) is 2.84. The van der Waals surface area contributed by atoms with E-state index in [0.717, 1.165) is 28.8 Å². The summed E-state index contributed by atoms with van der Waals surface area (Å²) in [6.45, 7) is 3.55. The second-order valence-corrected chi connectivity index (χ2v) is 5.25. The van der Waals surface area contributed by atoms with Gasteiger partial charge < -0.3 is 5.32 Å². The molecule has 1 N–H and O–H groups in total. The van der Waals surface area contributed by atoms with Crippen molar-refractivity contribution in [3.05, 3.63) is 45.7 Å². The van der Waals surface area contributed by atoms with Gasteiger partial charge in [-0.1, -0.05) is 0 Å². The number of aromatic nitrogens is 1. The smallest absolute Gasteiger partial charge is 0.375 e. The Balaban J connectivity index is 2.27. The summed E-state index contributed by atoms with van der Waals surface area (Å²) in [4.78, 5) is 4.93. The summed E-state index contributed by atoms with van der Waals surface area (Å²) in [6, 6.07) is 2.00. The van der Waals surface area contributed by atoms with Crippen LogP contribution in [0.2, 0.25) is 0 Å². The van der Waals surface area contributed by atoms with Gasteiger partial charge in [0, 0.05) is 4.88 Å². The van der Waals surface area contributed by atoms with E-state index in [-0.39, 0.29) is 11.7 Å². The lowest BCUT2D eigenvalue weighted by molar-refractivity contribution is -0.137. The van der Waals surface area contributed by atoms with Crippen LogP contribution in [0.15, 0.2) is 23.7 Å². The van der Waals surface area contributed by atoms with Gasteiger partial charge in [-0.25, -0.2) is 9.37 Å². The fourth-order valence-electron chi connectivity index (χ4n) is 1.84. The molecule has 2 rings (SSSR count). The van der Waals surface area contributed by atoms with Gasteiger partial charge in [0.15, 0.2) is 0 Å². The molecule has 0 amide bonds. The lowest BCUT2D eigenvalue weighted by Crippen LogP contribution is -2.10. The highest BCUT2D eigenvalue weighted by Gasteiger charge is 2.31. The Hall–Kier alpha value is -1.63. The zero-order valence-electron chi connectivity index (χ0n) is 10.8. The van der Waals surface area contributed by atoms with Gasteiger partial charge in [-0.2, -0.15) is 13.2 Å². The molecule has 1 unspecified atom stereocenters. The second-order valence-electron chi connectivity index (χ2n) is 4.36. The molecule has 0 aliphatic rings. The molecule has 0 aliphatic carbocycles. The molecule has 0 radical (unpaired) electrons. The van der Waals surface area contributed by atoms with Gasteiger partial charge >= 0.3 is 6.18 Å². The van der Waals surface area contributed by atoms with Crippen LogP contribution in [0.1, 0.15) is 29.1 Å². The molecule has 1 atom stereocenters. The molecule has 0 saturated heterocycles. The van der Waals surface area contributed by atoms with Crippen LogP contribution in [0.5, 0.6) is 0 Å². The highest BCUT2D eigenvalue weighted by molar-refractivity contribution is 7.09. The number of aryl methyl sites for hydroxylation is 1. The van der Waals surface area contributed by atoms with Crippen molar-refractivity contribution in [2.75, 3.05) is 5.32 Å². The molecule has 2 aromatic rings. The van der Waals surface area contributed by atoms with Crippen LogP contribution < -0.4 is 5.32 Å². The Morgan fingerprint density at radius 2 is 2.00 bits per heavy atom. The maximum absolute atomic E-state index is 13.6. The minimum atomic E-state index is -4.49. The molecule has 1 aromatic heterocycles. The first kappa shape index (κ1) is 14.8. The van der Waals surface area contributed by atoms with E-state index in [1.54, 1.807) is 19.4 Å². The topological polar surface area (TPSA) is 24.9 Å². The fourth-order valence-corrected chi connectivity index (χ4v) is 2.65. The standard InChI is InChI=1S/C13H12F4N2S/c1-7-12(20-6-18-7)8(2)19-11-5-9(13(15,16)17)3-4-10(11)14/h3-6,8,19H,1-2H3. The number of nitrogens with zero attached hydrogens (tertiary/aromatic N) is 1. The van der Waals surface area contributed by atoms with Crippen molar-refractivity contribution in [1.29, 1.82) is 0 Å². The second kappa shape index (κ2) is 5.40. The van der Waals surface area contributed by atoms with Gasteiger partial charge in [0.1, 0.15) is 5.82 Å². The zero-order chi connectivity index (χ0) is 14.9. The highest BCUT2D eigenvalue weighted by atomic mass is 32.1. The molecule has 0 spiro atoms. The number of hydrogen-bond acceptors (Lipinski definition) is 3. The van der Waals surface area contributed by atoms with Crippen LogP contribution in [0.25, 0.3) is 0 Å². The van der Waals surface area contributed by atoms with Crippen molar-refractivity contribution >= 4 is 17.0 Å². The highest BCUT2D eigenvalue weighted by Crippen LogP contribution is 2.33. The Bertz CT molecular complexity index is 607. The summed E-state index contributed by atoms with van der Waals surface area (Å²) in [6.07, 6.45) is -4.49. The summed E-state index contributed by atoms with van der Waals surface area (Å²) >= 11 is 1.37. The molecule has 1 heterocycles. The van der Waals surface area contributed by atoms with Gasteiger partial charge in [0.2, 0.25) is 0 Å². The van der Waals surface area contributed by atoms with Gasteiger partial charge in [0.25, 0.3) is 0 Å². The van der Waals surface area contributed by atoms with E-state index in [0.29, 0.717) is 0 Å². The summed E-state index contributed by atoms with van der Waals surface area (Å²) in [5.41, 5.74) is 1.38. The third-order valence-corrected chi connectivity index (χ3v) is 3.96. The molecule has 0 saturated carbocycles. The third kappa shape index (κ3) is 3.09. The molecular formula is C13H12F4N2S. The van der Waals surface area contributed by atoms with Crippen molar-refractivity contribution in [3.8, 4) is 0 Å². The van der Waals surface area contributed by atoms with Crippen molar-refractivity contribution in [2.24, 2.45) is 0 Å². The van der Waals surface area contributed by atoms with Crippen molar-refractivity contribution in [1.82, 2.24) is 4.98 Å². The van der Waals surface area contributed by atoms with Crippen LogP contribution in [-0.2, 0) is 6.18 Å². The summed E-state index contributed by atoms with van der Waals surface area (Å²) in [5, 5.41) is 2.76. The minimum Gasteiger partial charge on any atom is -0.375 e. The monoisotopic (exact) mass is 304 g/mol. The fraction of sp³-hybridized carbons (Fsp3) is 0.308. The number of nitrogens with one attached hydrogen (secondary N) is 1. The summed E-state index contributed by atoms with van der Waals surface area (Å²) < 4.78 is 51.5. The lowest BCUT2D eigenvalue weighted by atomic mass is 10.1. The van der Waals surface area contributed by atoms with E-state index in [2.05, 4.69) is 10.3 Å². The molecule has 0 fully saturated rings. The first-order chi connectivity index (χ1) is 9.29. The number of anilines is 1. The maximum Gasteiger partial charge on any atom is 0.416 e. The summed E-state index contributed by atoms with van der Waals surface area (Å²) in [5.74, 6) is -0.716. The molecule has 2 nitrogen and oxygen atoms in total. The number of halogens is 4. The quantitative estimate of drug-likeness (QED) is 0.825. The zero-order valence-corrected chi connectivity index (χ0v) is 11.6.